The SMILES string of the molecule is Cc1[nH]nc2cc(-c3ccc4c(c3)OCCO4)ccc12. The predicted molar refractivity (Wildman–Crippen MR) is 77.3 cm³/mol. The summed E-state index contributed by atoms with van der Waals surface area (Å²) in [6.45, 7) is 3.25. The number of ether oxygens (including phenoxy) is 2. The van der Waals surface area contributed by atoms with Crippen molar-refractivity contribution in [1.82, 2.24) is 10.2 Å². The van der Waals surface area contributed by atoms with E-state index in [1.54, 1.807) is 0 Å². The molecule has 0 radical (unpaired) electrons. The summed E-state index contributed by atoms with van der Waals surface area (Å²) in [5.41, 5.74) is 4.31. The second-order valence-corrected chi connectivity index (χ2v) is 4.94. The molecule has 0 bridgehead atoms. The lowest BCUT2D eigenvalue weighted by atomic mass is 10.0. The lowest BCUT2D eigenvalue weighted by Gasteiger charge is -2.18. The van der Waals surface area contributed by atoms with Crippen LogP contribution in [0, 0.1) is 6.92 Å². The van der Waals surface area contributed by atoms with Crippen LogP contribution in [-0.4, -0.2) is 23.4 Å². The van der Waals surface area contributed by atoms with Crippen molar-refractivity contribution < 1.29 is 9.47 Å². The van der Waals surface area contributed by atoms with Gasteiger partial charge in [0.25, 0.3) is 0 Å². The minimum Gasteiger partial charge on any atom is -0.486 e. The van der Waals surface area contributed by atoms with Crippen molar-refractivity contribution in [3.8, 4) is 22.6 Å². The van der Waals surface area contributed by atoms with Gasteiger partial charge < -0.3 is 9.47 Å². The second-order valence-electron chi connectivity index (χ2n) is 4.94. The molecule has 4 heteroatoms. The third-order valence-corrected chi connectivity index (χ3v) is 3.62. The minimum atomic E-state index is 0.605. The van der Waals surface area contributed by atoms with Crippen molar-refractivity contribution >= 4 is 10.9 Å². The molecule has 0 saturated carbocycles. The first-order valence-electron chi connectivity index (χ1n) is 6.66. The van der Waals surface area contributed by atoms with E-state index in [-0.39, 0.29) is 0 Å². The molecule has 0 fully saturated rings. The van der Waals surface area contributed by atoms with Crippen molar-refractivity contribution in [3.63, 3.8) is 0 Å². The average molecular weight is 266 g/mol. The molecule has 4 rings (SSSR count). The van der Waals surface area contributed by atoms with E-state index in [4.69, 9.17) is 9.47 Å². The fourth-order valence-corrected chi connectivity index (χ4v) is 2.55. The predicted octanol–water partition coefficient (Wildman–Crippen LogP) is 3.31. The molecule has 1 N–H and O–H groups in total. The van der Waals surface area contributed by atoms with Gasteiger partial charge in [0.1, 0.15) is 13.2 Å². The molecular weight excluding hydrogens is 252 g/mol. The van der Waals surface area contributed by atoms with E-state index in [0.717, 1.165) is 39.2 Å². The Kier molecular flexibility index (Phi) is 2.42. The highest BCUT2D eigenvalue weighted by Gasteiger charge is 2.13. The van der Waals surface area contributed by atoms with Crippen LogP contribution in [0.4, 0.5) is 0 Å². The van der Waals surface area contributed by atoms with E-state index in [9.17, 15) is 0 Å². The van der Waals surface area contributed by atoms with E-state index in [2.05, 4.69) is 28.4 Å². The Morgan fingerprint density at radius 3 is 2.60 bits per heavy atom. The minimum absolute atomic E-state index is 0.605. The van der Waals surface area contributed by atoms with Gasteiger partial charge in [0.15, 0.2) is 11.5 Å². The molecule has 0 atom stereocenters. The Labute approximate surface area is 116 Å². The third-order valence-electron chi connectivity index (χ3n) is 3.62. The van der Waals surface area contributed by atoms with E-state index in [0.29, 0.717) is 13.2 Å². The van der Waals surface area contributed by atoms with Crippen LogP contribution in [0.3, 0.4) is 0 Å². The quantitative estimate of drug-likeness (QED) is 0.735. The zero-order valence-electron chi connectivity index (χ0n) is 11.1. The van der Waals surface area contributed by atoms with Gasteiger partial charge in [0.05, 0.1) is 5.52 Å². The summed E-state index contributed by atoms with van der Waals surface area (Å²) >= 11 is 0. The van der Waals surface area contributed by atoms with Gasteiger partial charge in [-0.3, -0.25) is 5.10 Å². The molecule has 0 aliphatic carbocycles. The summed E-state index contributed by atoms with van der Waals surface area (Å²) in [7, 11) is 0. The Morgan fingerprint density at radius 2 is 1.70 bits per heavy atom. The van der Waals surface area contributed by atoms with Crippen molar-refractivity contribution in [3.05, 3.63) is 42.1 Å². The van der Waals surface area contributed by atoms with E-state index >= 15 is 0 Å². The highest BCUT2D eigenvalue weighted by molar-refractivity contribution is 5.86. The molecule has 4 nitrogen and oxygen atoms in total. The maximum absolute atomic E-state index is 5.63. The number of rotatable bonds is 1. The number of hydrogen-bond acceptors (Lipinski definition) is 3. The van der Waals surface area contributed by atoms with Gasteiger partial charge in [-0.1, -0.05) is 18.2 Å². The molecule has 1 aromatic heterocycles. The van der Waals surface area contributed by atoms with E-state index in [1.807, 2.05) is 25.1 Å². The maximum atomic E-state index is 5.63. The Bertz CT molecular complexity index is 792. The fourth-order valence-electron chi connectivity index (χ4n) is 2.55. The highest BCUT2D eigenvalue weighted by atomic mass is 16.6. The van der Waals surface area contributed by atoms with Crippen molar-refractivity contribution in [2.24, 2.45) is 0 Å². The number of nitrogens with one attached hydrogen (secondary N) is 1. The van der Waals surface area contributed by atoms with Crippen molar-refractivity contribution in [1.29, 1.82) is 0 Å². The summed E-state index contributed by atoms with van der Waals surface area (Å²) in [4.78, 5) is 0. The molecular formula is C16H14N2O2. The van der Waals surface area contributed by atoms with Crippen LogP contribution in [0.2, 0.25) is 0 Å². The van der Waals surface area contributed by atoms with Crippen molar-refractivity contribution in [2.75, 3.05) is 13.2 Å². The maximum Gasteiger partial charge on any atom is 0.161 e. The monoisotopic (exact) mass is 266 g/mol. The van der Waals surface area contributed by atoms with Gasteiger partial charge in [0.2, 0.25) is 0 Å². The molecule has 2 heterocycles. The van der Waals surface area contributed by atoms with Gasteiger partial charge in [-0.25, -0.2) is 0 Å². The number of aromatic nitrogens is 2. The van der Waals surface area contributed by atoms with Gasteiger partial charge >= 0.3 is 0 Å². The van der Waals surface area contributed by atoms with Crippen LogP contribution >= 0.6 is 0 Å². The van der Waals surface area contributed by atoms with Gasteiger partial charge in [-0.05, 0) is 36.2 Å². The number of hydrogen-bond donors (Lipinski definition) is 1. The molecule has 0 amide bonds. The molecule has 2 aromatic carbocycles. The highest BCUT2D eigenvalue weighted by Crippen LogP contribution is 2.35. The molecule has 20 heavy (non-hydrogen) atoms. The first-order chi connectivity index (χ1) is 9.81. The third kappa shape index (κ3) is 1.72. The van der Waals surface area contributed by atoms with Crippen LogP contribution in [0.15, 0.2) is 36.4 Å². The molecule has 3 aromatic rings. The number of nitrogens with zero attached hydrogens (tertiary/aromatic N) is 1. The van der Waals surface area contributed by atoms with E-state index in [1.165, 1.54) is 0 Å². The number of aryl methyl sites for hydroxylation is 1. The summed E-state index contributed by atoms with van der Waals surface area (Å²) in [5, 5.41) is 8.48. The molecule has 1 aliphatic heterocycles. The van der Waals surface area contributed by atoms with Crippen LogP contribution in [0.5, 0.6) is 11.5 Å². The largest absolute Gasteiger partial charge is 0.486 e. The zero-order valence-corrected chi connectivity index (χ0v) is 11.1. The molecule has 1 aliphatic rings. The first kappa shape index (κ1) is 11.3. The van der Waals surface area contributed by atoms with Crippen LogP contribution in [0.25, 0.3) is 22.0 Å². The molecule has 0 saturated heterocycles. The number of benzene rings is 2. The van der Waals surface area contributed by atoms with Crippen LogP contribution < -0.4 is 9.47 Å². The van der Waals surface area contributed by atoms with Gasteiger partial charge in [-0.15, -0.1) is 0 Å². The van der Waals surface area contributed by atoms with Crippen LogP contribution in [0.1, 0.15) is 5.69 Å². The fraction of sp³-hybridized carbons (Fsp3) is 0.188. The standard InChI is InChI=1S/C16H14N2O2/c1-10-13-4-2-11(8-14(13)18-17-10)12-3-5-15-16(9-12)20-7-6-19-15/h2-5,8-9H,6-7H2,1H3,(H,17,18). The topological polar surface area (TPSA) is 47.1 Å². The Morgan fingerprint density at radius 1 is 0.950 bits per heavy atom. The summed E-state index contributed by atoms with van der Waals surface area (Å²) in [6, 6.07) is 12.3. The Hall–Kier alpha value is -2.49. The average Bonchev–Trinajstić information content (AvgIpc) is 2.88. The summed E-state index contributed by atoms with van der Waals surface area (Å²) < 4.78 is 11.2. The summed E-state index contributed by atoms with van der Waals surface area (Å²) in [5.74, 6) is 1.63. The number of fused-ring (bicyclic) bond motifs is 2. The Balaban J connectivity index is 1.82. The van der Waals surface area contributed by atoms with E-state index < -0.39 is 0 Å². The van der Waals surface area contributed by atoms with Gasteiger partial charge in [-0.2, -0.15) is 5.10 Å². The second kappa shape index (κ2) is 4.27. The molecule has 0 unspecified atom stereocenters. The first-order valence-corrected chi connectivity index (χ1v) is 6.66. The number of H-pyrrole nitrogens is 1. The lowest BCUT2D eigenvalue weighted by Crippen LogP contribution is -2.15. The van der Waals surface area contributed by atoms with Gasteiger partial charge in [0, 0.05) is 11.1 Å². The summed E-state index contributed by atoms with van der Waals surface area (Å²) in [6.07, 6.45) is 0. The zero-order chi connectivity index (χ0) is 13.5. The number of aromatic amines is 1. The van der Waals surface area contributed by atoms with Crippen molar-refractivity contribution in [2.45, 2.75) is 6.92 Å². The normalized spacial score (nSPS) is 13.7. The smallest absolute Gasteiger partial charge is 0.161 e. The molecule has 0 spiro atoms. The lowest BCUT2D eigenvalue weighted by molar-refractivity contribution is 0.171. The molecule has 100 valence electrons. The van der Waals surface area contributed by atoms with Crippen LogP contribution in [-0.2, 0) is 0 Å².